The molecule has 4 N–H and O–H groups in total. The normalized spacial score (nSPS) is 10.3. The van der Waals surface area contributed by atoms with Crippen molar-refractivity contribution in [3.8, 4) is 0 Å². The van der Waals surface area contributed by atoms with E-state index < -0.39 is 0 Å². The molecule has 0 saturated heterocycles. The predicted molar refractivity (Wildman–Crippen MR) is 107 cm³/mol. The van der Waals surface area contributed by atoms with Crippen molar-refractivity contribution in [3.63, 3.8) is 0 Å². The molecular formula is C19H42ClN3. The van der Waals surface area contributed by atoms with E-state index in [2.05, 4.69) is 11.9 Å². The molecule has 0 aliphatic rings. The van der Waals surface area contributed by atoms with Gasteiger partial charge in [0.25, 0.3) is 0 Å². The lowest BCUT2D eigenvalue weighted by atomic mass is 10.0. The van der Waals surface area contributed by atoms with E-state index in [1.54, 1.807) is 0 Å². The third kappa shape index (κ3) is 23.9. The van der Waals surface area contributed by atoms with Gasteiger partial charge in [0.05, 0.1) is 0 Å². The van der Waals surface area contributed by atoms with Crippen LogP contribution in [-0.4, -0.2) is 12.5 Å². The van der Waals surface area contributed by atoms with Gasteiger partial charge in [0.2, 0.25) is 0 Å². The summed E-state index contributed by atoms with van der Waals surface area (Å²) in [5, 5.41) is 0. The third-order valence-electron chi connectivity index (χ3n) is 4.31. The van der Waals surface area contributed by atoms with Crippen LogP contribution in [0, 0.1) is 0 Å². The molecule has 0 unspecified atom stereocenters. The van der Waals surface area contributed by atoms with Crippen molar-refractivity contribution in [2.45, 2.75) is 110 Å². The fourth-order valence-corrected chi connectivity index (χ4v) is 2.87. The summed E-state index contributed by atoms with van der Waals surface area (Å²) >= 11 is 0. The maximum absolute atomic E-state index is 5.29. The predicted octanol–water partition coefficient (Wildman–Crippen LogP) is 5.94. The topological polar surface area (TPSA) is 64.4 Å². The molecule has 0 aliphatic heterocycles. The van der Waals surface area contributed by atoms with Crippen molar-refractivity contribution < 1.29 is 0 Å². The van der Waals surface area contributed by atoms with Crippen molar-refractivity contribution in [1.82, 2.24) is 0 Å². The van der Waals surface area contributed by atoms with Crippen molar-refractivity contribution in [3.05, 3.63) is 0 Å². The minimum Gasteiger partial charge on any atom is -0.370 e. The van der Waals surface area contributed by atoms with Crippen molar-refractivity contribution in [2.75, 3.05) is 6.54 Å². The summed E-state index contributed by atoms with van der Waals surface area (Å²) in [7, 11) is 0. The van der Waals surface area contributed by atoms with Gasteiger partial charge in [0, 0.05) is 6.54 Å². The number of guanidine groups is 1. The molecule has 0 amide bonds. The summed E-state index contributed by atoms with van der Waals surface area (Å²) < 4.78 is 0. The molecule has 3 nitrogen and oxygen atoms in total. The van der Waals surface area contributed by atoms with Gasteiger partial charge in [0.15, 0.2) is 5.96 Å². The van der Waals surface area contributed by atoms with Crippen LogP contribution < -0.4 is 11.5 Å². The number of unbranched alkanes of at least 4 members (excludes halogenated alkanes) is 15. The largest absolute Gasteiger partial charge is 0.370 e. The van der Waals surface area contributed by atoms with Crippen LogP contribution in [0.1, 0.15) is 110 Å². The Labute approximate surface area is 151 Å². The van der Waals surface area contributed by atoms with E-state index in [1.807, 2.05) is 0 Å². The summed E-state index contributed by atoms with van der Waals surface area (Å²) in [6.45, 7) is 3.08. The Balaban J connectivity index is 0. The molecule has 140 valence electrons. The van der Waals surface area contributed by atoms with Crippen LogP contribution >= 0.6 is 12.4 Å². The Morgan fingerprint density at radius 1 is 0.565 bits per heavy atom. The second kappa shape index (κ2) is 21.6. The number of halogens is 1. The first-order valence-electron chi connectivity index (χ1n) is 9.82. The van der Waals surface area contributed by atoms with Gasteiger partial charge in [-0.1, -0.05) is 103 Å². The first-order valence-corrected chi connectivity index (χ1v) is 9.82. The zero-order valence-corrected chi connectivity index (χ0v) is 16.3. The lowest BCUT2D eigenvalue weighted by Gasteiger charge is -2.03. The molecule has 0 atom stereocenters. The highest BCUT2D eigenvalue weighted by Gasteiger charge is 1.94. The van der Waals surface area contributed by atoms with E-state index in [1.165, 1.54) is 96.3 Å². The van der Waals surface area contributed by atoms with Crippen molar-refractivity contribution in [2.24, 2.45) is 16.5 Å². The minimum atomic E-state index is 0. The Hall–Kier alpha value is -0.440. The van der Waals surface area contributed by atoms with Crippen molar-refractivity contribution in [1.29, 1.82) is 0 Å². The lowest BCUT2D eigenvalue weighted by Crippen LogP contribution is -2.22. The summed E-state index contributed by atoms with van der Waals surface area (Å²) in [5.74, 6) is 0.223. The summed E-state index contributed by atoms with van der Waals surface area (Å²) in [5.41, 5.74) is 10.6. The molecule has 0 radical (unpaired) electrons. The van der Waals surface area contributed by atoms with Gasteiger partial charge in [-0.3, -0.25) is 4.99 Å². The molecule has 0 aromatic rings. The number of hydrogen-bond donors (Lipinski definition) is 2. The van der Waals surface area contributed by atoms with Crippen LogP contribution in [0.3, 0.4) is 0 Å². The zero-order valence-electron chi connectivity index (χ0n) is 15.5. The first kappa shape index (κ1) is 24.8. The first-order chi connectivity index (χ1) is 10.8. The highest BCUT2D eigenvalue weighted by atomic mass is 35.5. The molecule has 0 aliphatic carbocycles. The molecule has 23 heavy (non-hydrogen) atoms. The molecule has 0 aromatic carbocycles. The Kier molecular flexibility index (Phi) is 23.3. The molecule has 0 rings (SSSR count). The van der Waals surface area contributed by atoms with E-state index in [0.29, 0.717) is 0 Å². The highest BCUT2D eigenvalue weighted by Crippen LogP contribution is 2.13. The van der Waals surface area contributed by atoms with Crippen LogP contribution in [0.5, 0.6) is 0 Å². The van der Waals surface area contributed by atoms with Crippen LogP contribution in [-0.2, 0) is 0 Å². The molecule has 0 fully saturated rings. The van der Waals surface area contributed by atoms with Gasteiger partial charge in [-0.25, -0.2) is 0 Å². The Bertz CT molecular complexity index is 241. The van der Waals surface area contributed by atoms with E-state index in [4.69, 9.17) is 11.5 Å². The summed E-state index contributed by atoms with van der Waals surface area (Å²) in [4.78, 5) is 4.00. The van der Waals surface area contributed by atoms with Gasteiger partial charge >= 0.3 is 0 Å². The van der Waals surface area contributed by atoms with E-state index in [9.17, 15) is 0 Å². The number of rotatable bonds is 17. The third-order valence-corrected chi connectivity index (χ3v) is 4.31. The quantitative estimate of drug-likeness (QED) is 0.194. The fourth-order valence-electron chi connectivity index (χ4n) is 2.87. The molecule has 0 spiro atoms. The van der Waals surface area contributed by atoms with E-state index in [0.717, 1.165) is 13.0 Å². The van der Waals surface area contributed by atoms with Gasteiger partial charge in [-0.15, -0.1) is 12.4 Å². The summed E-state index contributed by atoms with van der Waals surface area (Å²) in [6, 6.07) is 0. The van der Waals surface area contributed by atoms with Gasteiger partial charge in [-0.05, 0) is 6.42 Å². The van der Waals surface area contributed by atoms with Gasteiger partial charge in [-0.2, -0.15) is 0 Å². The zero-order chi connectivity index (χ0) is 16.3. The van der Waals surface area contributed by atoms with Crippen LogP contribution in [0.25, 0.3) is 0 Å². The maximum Gasteiger partial charge on any atom is 0.185 e. The molecule has 4 heteroatoms. The molecule has 0 saturated carbocycles. The molecule has 0 heterocycles. The van der Waals surface area contributed by atoms with Crippen molar-refractivity contribution >= 4 is 18.4 Å². The highest BCUT2D eigenvalue weighted by molar-refractivity contribution is 5.85. The van der Waals surface area contributed by atoms with E-state index >= 15 is 0 Å². The van der Waals surface area contributed by atoms with Crippen LogP contribution in [0.15, 0.2) is 4.99 Å². The number of nitrogens with two attached hydrogens (primary N) is 2. The van der Waals surface area contributed by atoms with Gasteiger partial charge < -0.3 is 11.5 Å². The molecule has 0 aromatic heterocycles. The maximum atomic E-state index is 5.29. The standard InChI is InChI=1S/C19H41N3.ClH/c1-2-3-4-5-6-7-8-9-10-11-12-13-14-15-16-17-18-22-19(20)21;/h2-18H2,1H3,(H4,20,21,22);1H. The van der Waals surface area contributed by atoms with Gasteiger partial charge in [0.1, 0.15) is 0 Å². The SMILES string of the molecule is CCCCCCCCCCCCCCCCCCN=C(N)N.Cl. The Morgan fingerprint density at radius 3 is 1.17 bits per heavy atom. The minimum absolute atomic E-state index is 0. The average molecular weight is 348 g/mol. The van der Waals surface area contributed by atoms with Crippen LogP contribution in [0.4, 0.5) is 0 Å². The summed E-state index contributed by atoms with van der Waals surface area (Å²) in [6.07, 6.45) is 22.3. The lowest BCUT2D eigenvalue weighted by molar-refractivity contribution is 0.530. The van der Waals surface area contributed by atoms with E-state index in [-0.39, 0.29) is 18.4 Å². The average Bonchev–Trinajstić information content (AvgIpc) is 2.50. The fraction of sp³-hybridized carbons (Fsp3) is 0.947. The second-order valence-electron chi connectivity index (χ2n) is 6.61. The van der Waals surface area contributed by atoms with Crippen LogP contribution in [0.2, 0.25) is 0 Å². The monoisotopic (exact) mass is 347 g/mol. The Morgan fingerprint density at radius 2 is 0.870 bits per heavy atom. The number of aliphatic imine (C=N–C) groups is 1. The number of nitrogens with zero attached hydrogens (tertiary/aromatic N) is 1. The second-order valence-corrected chi connectivity index (χ2v) is 6.61. The molecular weight excluding hydrogens is 306 g/mol. The smallest absolute Gasteiger partial charge is 0.185 e. The molecule has 0 bridgehead atoms. The number of hydrogen-bond acceptors (Lipinski definition) is 1.